The molecule has 4 N–H and O–H groups in total. The molecule has 0 aliphatic heterocycles. The summed E-state index contributed by atoms with van der Waals surface area (Å²) in [6.07, 6.45) is 1.48. The van der Waals surface area contributed by atoms with Crippen LogP contribution in [0.25, 0.3) is 0 Å². The summed E-state index contributed by atoms with van der Waals surface area (Å²) in [6, 6.07) is 1.71. The van der Waals surface area contributed by atoms with Crippen LogP contribution in [0.1, 0.15) is 17.9 Å². The molecule has 0 aliphatic rings. The van der Waals surface area contributed by atoms with Crippen LogP contribution in [-0.2, 0) is 11.3 Å². The molecular weight excluding hydrogens is 210 g/mol. The Balaban J connectivity index is 2.43. The molecule has 1 amide bonds. The lowest BCUT2D eigenvalue weighted by atomic mass is 10.3. The summed E-state index contributed by atoms with van der Waals surface area (Å²) in [4.78, 5) is 19.3. The van der Waals surface area contributed by atoms with Gasteiger partial charge in [0, 0.05) is 6.20 Å². The Morgan fingerprint density at radius 2 is 2.44 bits per heavy atom. The molecule has 0 atom stereocenters. The number of nitrogens with two attached hydrogens (primary N) is 1. The molecule has 7 heteroatoms. The van der Waals surface area contributed by atoms with Gasteiger partial charge in [0.25, 0.3) is 0 Å². The maximum absolute atomic E-state index is 11.2. The topological polar surface area (TPSA) is 113 Å². The van der Waals surface area contributed by atoms with Crippen LogP contribution >= 0.6 is 0 Å². The average Bonchev–Trinajstić information content (AvgIpc) is 2.26. The average molecular weight is 223 g/mol. The number of carbonyl (C=O) groups excluding carboxylic acids is 1. The molecule has 0 aromatic carbocycles. The van der Waals surface area contributed by atoms with Crippen LogP contribution in [-0.4, -0.2) is 26.9 Å². The zero-order valence-electron chi connectivity index (χ0n) is 8.84. The zero-order chi connectivity index (χ0) is 12.0. The minimum absolute atomic E-state index is 0.128. The minimum Gasteiger partial charge on any atom is -0.409 e. The highest BCUT2D eigenvalue weighted by atomic mass is 16.4. The minimum atomic E-state index is -0.327. The van der Waals surface area contributed by atoms with E-state index in [2.05, 4.69) is 20.4 Å². The third-order valence-electron chi connectivity index (χ3n) is 1.77. The van der Waals surface area contributed by atoms with Crippen molar-refractivity contribution in [3.63, 3.8) is 0 Å². The Labute approximate surface area is 92.4 Å². The maximum Gasteiger partial charge on any atom is 0.228 e. The SMILES string of the molecule is Cc1nccc(CNC(=O)CC(N)=NO)n1. The molecule has 16 heavy (non-hydrogen) atoms. The van der Waals surface area contributed by atoms with E-state index in [4.69, 9.17) is 10.9 Å². The lowest BCUT2D eigenvalue weighted by Gasteiger charge is -2.04. The van der Waals surface area contributed by atoms with E-state index in [0.29, 0.717) is 18.1 Å². The Bertz CT molecular complexity index is 405. The van der Waals surface area contributed by atoms with Crippen molar-refractivity contribution in [1.82, 2.24) is 15.3 Å². The summed E-state index contributed by atoms with van der Waals surface area (Å²) in [6.45, 7) is 2.06. The molecule has 0 bridgehead atoms. The van der Waals surface area contributed by atoms with Gasteiger partial charge in [0.1, 0.15) is 11.7 Å². The predicted octanol–water partition coefficient (Wildman–Crippen LogP) is -0.462. The summed E-state index contributed by atoms with van der Waals surface area (Å²) in [5, 5.41) is 13.6. The highest BCUT2D eigenvalue weighted by molar-refractivity contribution is 5.98. The van der Waals surface area contributed by atoms with Crippen LogP contribution in [0.2, 0.25) is 0 Å². The van der Waals surface area contributed by atoms with Crippen LogP contribution in [0.5, 0.6) is 0 Å². The second kappa shape index (κ2) is 5.64. The lowest BCUT2D eigenvalue weighted by molar-refractivity contribution is -0.120. The number of amidine groups is 1. The second-order valence-corrected chi connectivity index (χ2v) is 3.14. The number of aryl methyl sites for hydroxylation is 1. The lowest BCUT2D eigenvalue weighted by Crippen LogP contribution is -2.28. The summed E-state index contributed by atoms with van der Waals surface area (Å²) in [7, 11) is 0. The van der Waals surface area contributed by atoms with Crippen molar-refractivity contribution >= 4 is 11.7 Å². The third kappa shape index (κ3) is 3.91. The first-order chi connectivity index (χ1) is 7.61. The fourth-order valence-electron chi connectivity index (χ4n) is 1.06. The van der Waals surface area contributed by atoms with Gasteiger partial charge in [-0.15, -0.1) is 0 Å². The van der Waals surface area contributed by atoms with Gasteiger partial charge >= 0.3 is 0 Å². The summed E-state index contributed by atoms with van der Waals surface area (Å²) in [5.41, 5.74) is 5.89. The molecule has 0 unspecified atom stereocenters. The van der Waals surface area contributed by atoms with E-state index in [-0.39, 0.29) is 18.2 Å². The van der Waals surface area contributed by atoms with Gasteiger partial charge in [-0.05, 0) is 13.0 Å². The Hall–Kier alpha value is -2.18. The number of hydrogen-bond acceptors (Lipinski definition) is 5. The van der Waals surface area contributed by atoms with Gasteiger partial charge in [-0.2, -0.15) is 0 Å². The molecule has 1 aromatic rings. The van der Waals surface area contributed by atoms with Gasteiger partial charge in [0.2, 0.25) is 5.91 Å². The molecular formula is C9H13N5O2. The number of nitrogens with zero attached hydrogens (tertiary/aromatic N) is 3. The molecule has 0 fully saturated rings. The number of oxime groups is 1. The second-order valence-electron chi connectivity index (χ2n) is 3.14. The molecule has 0 saturated carbocycles. The smallest absolute Gasteiger partial charge is 0.228 e. The molecule has 0 spiro atoms. The van der Waals surface area contributed by atoms with E-state index in [1.165, 1.54) is 0 Å². The van der Waals surface area contributed by atoms with Crippen molar-refractivity contribution in [3.05, 3.63) is 23.8 Å². The zero-order valence-corrected chi connectivity index (χ0v) is 8.84. The van der Waals surface area contributed by atoms with E-state index in [0.717, 1.165) is 0 Å². The Morgan fingerprint density at radius 1 is 1.69 bits per heavy atom. The van der Waals surface area contributed by atoms with Crippen LogP contribution in [0.4, 0.5) is 0 Å². The fraction of sp³-hybridized carbons (Fsp3) is 0.333. The van der Waals surface area contributed by atoms with Gasteiger partial charge in [-0.1, -0.05) is 5.16 Å². The molecule has 7 nitrogen and oxygen atoms in total. The fourth-order valence-corrected chi connectivity index (χ4v) is 1.06. The highest BCUT2D eigenvalue weighted by Gasteiger charge is 2.05. The molecule has 86 valence electrons. The number of hydrogen-bond donors (Lipinski definition) is 3. The quantitative estimate of drug-likeness (QED) is 0.276. The first kappa shape index (κ1) is 11.9. The Kier molecular flexibility index (Phi) is 4.19. The maximum atomic E-state index is 11.2. The molecule has 1 aromatic heterocycles. The summed E-state index contributed by atoms with van der Waals surface area (Å²) in [5.74, 6) is 0.186. The first-order valence-corrected chi connectivity index (χ1v) is 4.63. The number of amides is 1. The van der Waals surface area contributed by atoms with Crippen molar-refractivity contribution < 1.29 is 10.0 Å². The normalized spacial score (nSPS) is 11.2. The van der Waals surface area contributed by atoms with Gasteiger partial charge in [-0.25, -0.2) is 9.97 Å². The number of nitrogens with one attached hydrogen (secondary N) is 1. The van der Waals surface area contributed by atoms with Crippen LogP contribution in [0, 0.1) is 6.92 Å². The highest BCUT2D eigenvalue weighted by Crippen LogP contribution is 1.94. The molecule has 1 rings (SSSR count). The van der Waals surface area contributed by atoms with Gasteiger partial charge in [0.05, 0.1) is 18.7 Å². The van der Waals surface area contributed by atoms with E-state index in [1.54, 1.807) is 19.2 Å². The van der Waals surface area contributed by atoms with E-state index < -0.39 is 0 Å². The van der Waals surface area contributed by atoms with Crippen molar-refractivity contribution in [3.8, 4) is 0 Å². The van der Waals surface area contributed by atoms with Gasteiger partial charge in [0.15, 0.2) is 0 Å². The summed E-state index contributed by atoms with van der Waals surface area (Å²) >= 11 is 0. The molecule has 0 aliphatic carbocycles. The largest absolute Gasteiger partial charge is 0.409 e. The van der Waals surface area contributed by atoms with E-state index in [1.807, 2.05) is 0 Å². The van der Waals surface area contributed by atoms with Gasteiger partial charge in [-0.3, -0.25) is 4.79 Å². The molecule has 0 radical (unpaired) electrons. The number of rotatable bonds is 4. The monoisotopic (exact) mass is 223 g/mol. The predicted molar refractivity (Wildman–Crippen MR) is 56.6 cm³/mol. The van der Waals surface area contributed by atoms with Crippen molar-refractivity contribution in [2.45, 2.75) is 19.9 Å². The van der Waals surface area contributed by atoms with Crippen molar-refractivity contribution in [2.24, 2.45) is 10.9 Å². The molecule has 1 heterocycles. The van der Waals surface area contributed by atoms with Crippen LogP contribution < -0.4 is 11.1 Å². The van der Waals surface area contributed by atoms with Crippen molar-refractivity contribution in [2.75, 3.05) is 0 Å². The van der Waals surface area contributed by atoms with Crippen LogP contribution in [0.15, 0.2) is 17.4 Å². The third-order valence-corrected chi connectivity index (χ3v) is 1.77. The molecule has 0 saturated heterocycles. The van der Waals surface area contributed by atoms with Gasteiger partial charge < -0.3 is 16.3 Å². The standard InChI is InChI=1S/C9H13N5O2/c1-6-11-3-2-7(13-6)5-12-9(15)4-8(10)14-16/h2-3,16H,4-5H2,1H3,(H2,10,14)(H,12,15). The van der Waals surface area contributed by atoms with Crippen molar-refractivity contribution in [1.29, 1.82) is 0 Å². The van der Waals surface area contributed by atoms with Crippen LogP contribution in [0.3, 0.4) is 0 Å². The van der Waals surface area contributed by atoms with E-state index in [9.17, 15) is 4.79 Å². The number of carbonyl (C=O) groups is 1. The van der Waals surface area contributed by atoms with E-state index >= 15 is 0 Å². The summed E-state index contributed by atoms with van der Waals surface area (Å²) < 4.78 is 0. The Morgan fingerprint density at radius 3 is 3.06 bits per heavy atom. The number of aromatic nitrogens is 2. The first-order valence-electron chi connectivity index (χ1n) is 4.63.